The fourth-order valence-electron chi connectivity index (χ4n) is 10.5. The number of ether oxygens (including phenoxy) is 3. The first-order valence-electron chi connectivity index (χ1n) is 23.9. The summed E-state index contributed by atoms with van der Waals surface area (Å²) in [6.45, 7) is 8.53. The highest BCUT2D eigenvalue weighted by molar-refractivity contribution is 7.11. The van der Waals surface area contributed by atoms with Crippen molar-refractivity contribution in [2.75, 3.05) is 27.3 Å². The van der Waals surface area contributed by atoms with E-state index in [2.05, 4.69) is 10.6 Å². The third kappa shape index (κ3) is 8.47. The molecule has 0 radical (unpaired) electrons. The van der Waals surface area contributed by atoms with E-state index >= 15 is 8.78 Å². The van der Waals surface area contributed by atoms with Crippen LogP contribution in [0.3, 0.4) is 0 Å². The van der Waals surface area contributed by atoms with Crippen molar-refractivity contribution in [2.24, 2.45) is 21.8 Å². The molecule has 0 spiro atoms. The molecule has 6 aliphatic rings. The minimum atomic E-state index is -0.838. The van der Waals surface area contributed by atoms with Gasteiger partial charge in [0.1, 0.15) is 23.7 Å². The van der Waals surface area contributed by atoms with Crippen LogP contribution in [-0.4, -0.2) is 106 Å². The van der Waals surface area contributed by atoms with Gasteiger partial charge in [0.25, 0.3) is 0 Å². The maximum absolute atomic E-state index is 17.4. The van der Waals surface area contributed by atoms with E-state index in [4.69, 9.17) is 29.2 Å². The van der Waals surface area contributed by atoms with Gasteiger partial charge in [0, 0.05) is 67.3 Å². The number of hydrogen-bond acceptors (Lipinski definition) is 11. The van der Waals surface area contributed by atoms with E-state index in [1.54, 1.807) is 45.1 Å². The number of aromatic nitrogens is 2. The molecule has 362 valence electrons. The summed E-state index contributed by atoms with van der Waals surface area (Å²) in [4.78, 5) is 70.6. The van der Waals surface area contributed by atoms with Crippen molar-refractivity contribution in [3.05, 3.63) is 81.6 Å². The number of aliphatic imine (C=N–C) groups is 2. The molecule has 7 heterocycles. The smallest absolute Gasteiger partial charge is 0.407 e. The lowest BCUT2D eigenvalue weighted by molar-refractivity contribution is -0.134. The SMILES string of the molecule is COC(=O)N[C@H](C(=O)N1CCC[C@H]1C1=NC=C(c2cc(F)c3c(c2)OC(c2cnc(C4CC4)s2)n2c-3c(F)c3cc(C4=CN=C([C@@H]5CCCN5C(=O)[C@@H](NC(=O)OC)C(C)C)C4)ccc32)C1)C(C)C. The molecular weight excluding hydrogens is 907 g/mol. The molecule has 10 rings (SSSR count). The standard InChI is InChI=1S/C51H56F2N8O7S/c1-25(2)43(57-50(64)66-5)47(62)59-15-7-9-37(59)34-19-30(22-54-34)28-13-14-36-32(17-28)42(53)45-41-33(52)18-29(21-39(41)68-49(61(36)45)40-24-56-46(69-40)27-11-12-27)31-20-35(55-23-31)38-10-8-16-60(38)48(63)44(26(3)4)58-51(65)67-6/h13-14,17-18,21-27,37-38,43-44,49H,7-12,15-16,19-20H2,1-6H3,(H,57,64)(H,58,65)/t37-,38-,43-,44-,49?/m0/s1. The highest BCUT2D eigenvalue weighted by atomic mass is 32.1. The van der Waals surface area contributed by atoms with Gasteiger partial charge in [0.15, 0.2) is 5.82 Å². The van der Waals surface area contributed by atoms with Gasteiger partial charge in [-0.25, -0.2) is 23.4 Å². The summed E-state index contributed by atoms with van der Waals surface area (Å²) in [5.74, 6) is -1.40. The molecule has 15 nitrogen and oxygen atoms in total. The average molecular weight is 963 g/mol. The van der Waals surface area contributed by atoms with E-state index < -0.39 is 42.1 Å². The number of carbonyl (C=O) groups is 4. The van der Waals surface area contributed by atoms with E-state index in [1.165, 1.54) is 31.6 Å². The second kappa shape index (κ2) is 18.5. The average Bonchev–Trinajstić information content (AvgIpc) is 4.05. The van der Waals surface area contributed by atoms with Gasteiger partial charge in [0.05, 0.1) is 53.0 Å². The van der Waals surface area contributed by atoms with Crippen molar-refractivity contribution < 1.29 is 42.2 Å². The number of rotatable bonds is 12. The molecular formula is C51H56F2N8O7S. The van der Waals surface area contributed by atoms with Crippen molar-refractivity contribution in [1.29, 1.82) is 0 Å². The maximum Gasteiger partial charge on any atom is 0.407 e. The summed E-state index contributed by atoms with van der Waals surface area (Å²) in [6, 6.07) is 6.63. The maximum atomic E-state index is 17.4. The number of hydrogen-bond donors (Lipinski definition) is 2. The molecule has 1 unspecified atom stereocenters. The van der Waals surface area contributed by atoms with Gasteiger partial charge in [-0.05, 0) is 96.9 Å². The summed E-state index contributed by atoms with van der Waals surface area (Å²) in [6.07, 6.45) is 8.99. The molecule has 5 atom stereocenters. The van der Waals surface area contributed by atoms with Crippen molar-refractivity contribution >= 4 is 68.8 Å². The number of likely N-dealkylation sites (tertiary alicyclic amines) is 2. The Bertz CT molecular complexity index is 2900. The number of benzene rings is 2. The Morgan fingerprint density at radius 3 is 1.91 bits per heavy atom. The van der Waals surface area contributed by atoms with E-state index in [0.717, 1.165) is 70.1 Å². The van der Waals surface area contributed by atoms with Crippen LogP contribution in [0, 0.1) is 23.5 Å². The van der Waals surface area contributed by atoms with Crippen LogP contribution < -0.4 is 15.4 Å². The van der Waals surface area contributed by atoms with Crippen molar-refractivity contribution in [3.8, 4) is 17.0 Å². The first-order valence-corrected chi connectivity index (χ1v) is 24.7. The molecule has 4 amide bonds. The quantitative estimate of drug-likeness (QED) is 0.142. The number of halogens is 2. The second-order valence-corrected chi connectivity index (χ2v) is 20.5. The third-order valence-corrected chi connectivity index (χ3v) is 15.5. The zero-order chi connectivity index (χ0) is 48.4. The molecule has 1 saturated carbocycles. The topological polar surface area (TPSA) is 169 Å². The molecule has 2 N–H and O–H groups in total. The zero-order valence-electron chi connectivity index (χ0n) is 39.5. The lowest BCUT2D eigenvalue weighted by Gasteiger charge is -2.31. The second-order valence-electron chi connectivity index (χ2n) is 19.4. The Morgan fingerprint density at radius 1 is 0.783 bits per heavy atom. The van der Waals surface area contributed by atoms with Gasteiger partial charge in [0.2, 0.25) is 18.0 Å². The Morgan fingerprint density at radius 2 is 1.36 bits per heavy atom. The predicted molar refractivity (Wildman–Crippen MR) is 258 cm³/mol. The first-order chi connectivity index (χ1) is 33.2. The minimum Gasteiger partial charge on any atom is -0.464 e. The molecule has 2 aromatic carbocycles. The van der Waals surface area contributed by atoms with Gasteiger partial charge in [-0.3, -0.25) is 24.1 Å². The van der Waals surface area contributed by atoms with Crippen LogP contribution in [0.15, 0.2) is 58.9 Å². The monoisotopic (exact) mass is 962 g/mol. The number of nitrogens with one attached hydrogen (secondary N) is 2. The highest BCUT2D eigenvalue weighted by Gasteiger charge is 2.42. The van der Waals surface area contributed by atoms with Gasteiger partial charge < -0.3 is 34.6 Å². The highest BCUT2D eigenvalue weighted by Crippen LogP contribution is 2.51. The molecule has 4 aromatic rings. The van der Waals surface area contributed by atoms with E-state index in [1.807, 2.05) is 39.8 Å². The van der Waals surface area contributed by atoms with Crippen molar-refractivity contribution in [1.82, 2.24) is 30.0 Å². The van der Waals surface area contributed by atoms with Gasteiger partial charge in [-0.15, -0.1) is 11.3 Å². The number of fused-ring (bicyclic) bond motifs is 5. The van der Waals surface area contributed by atoms with Crippen LogP contribution in [-0.2, 0) is 19.1 Å². The minimum absolute atomic E-state index is 0.0143. The number of amides is 4. The fraction of sp³-hybridized carbons (Fsp3) is 0.471. The van der Waals surface area contributed by atoms with Gasteiger partial charge >= 0.3 is 12.2 Å². The number of nitrogens with zero attached hydrogens (tertiary/aromatic N) is 6. The van der Waals surface area contributed by atoms with E-state index in [-0.39, 0.29) is 52.7 Å². The van der Waals surface area contributed by atoms with Gasteiger partial charge in [-0.1, -0.05) is 33.8 Å². The Labute approximate surface area is 402 Å². The lowest BCUT2D eigenvalue weighted by Crippen LogP contribution is -2.53. The number of methoxy groups -OCH3 is 2. The number of thiazole rings is 1. The van der Waals surface area contributed by atoms with Gasteiger partial charge in [-0.2, -0.15) is 0 Å². The van der Waals surface area contributed by atoms with Crippen molar-refractivity contribution in [3.63, 3.8) is 0 Å². The number of allylic oxidation sites excluding steroid dienone is 2. The molecule has 2 aromatic heterocycles. The summed E-state index contributed by atoms with van der Waals surface area (Å²) >= 11 is 1.53. The van der Waals surface area contributed by atoms with Crippen LogP contribution in [0.5, 0.6) is 5.75 Å². The largest absolute Gasteiger partial charge is 0.464 e. The fourth-order valence-corrected chi connectivity index (χ4v) is 11.6. The van der Waals surface area contributed by atoms with E-state index in [9.17, 15) is 19.2 Å². The molecule has 5 aliphatic heterocycles. The van der Waals surface area contributed by atoms with Crippen LogP contribution >= 0.6 is 11.3 Å². The van der Waals surface area contributed by atoms with Crippen LogP contribution in [0.2, 0.25) is 0 Å². The third-order valence-electron chi connectivity index (χ3n) is 14.3. The van der Waals surface area contributed by atoms with Crippen LogP contribution in [0.4, 0.5) is 18.4 Å². The summed E-state index contributed by atoms with van der Waals surface area (Å²) in [5.41, 5.74) is 5.09. The number of carbonyl (C=O) groups excluding carboxylic acids is 4. The Kier molecular flexibility index (Phi) is 12.4. The van der Waals surface area contributed by atoms with E-state index in [0.29, 0.717) is 54.7 Å². The predicted octanol–water partition coefficient (Wildman–Crippen LogP) is 8.97. The Hall–Kier alpha value is -6.43. The first kappa shape index (κ1) is 46.3. The van der Waals surface area contributed by atoms with Crippen molar-refractivity contribution in [2.45, 2.75) is 115 Å². The molecule has 18 heteroatoms. The number of alkyl carbamates (subject to hydrolysis) is 2. The summed E-state index contributed by atoms with van der Waals surface area (Å²) < 4.78 is 52.5. The zero-order valence-corrected chi connectivity index (χ0v) is 40.3. The molecule has 69 heavy (non-hydrogen) atoms. The Balaban J connectivity index is 0.930. The molecule has 0 bridgehead atoms. The normalized spacial score (nSPS) is 21.6. The van der Waals surface area contributed by atoms with Crippen LogP contribution in [0.1, 0.15) is 112 Å². The lowest BCUT2D eigenvalue weighted by atomic mass is 9.95. The summed E-state index contributed by atoms with van der Waals surface area (Å²) in [7, 11) is 2.53. The molecule has 3 fully saturated rings. The molecule has 1 aliphatic carbocycles. The molecule has 2 saturated heterocycles. The summed E-state index contributed by atoms with van der Waals surface area (Å²) in [5, 5.41) is 6.68. The van der Waals surface area contributed by atoms with Crippen LogP contribution in [0.25, 0.3) is 33.3 Å².